The fourth-order valence-corrected chi connectivity index (χ4v) is 2.31. The molecule has 0 radical (unpaired) electrons. The molecule has 3 N–H and O–H groups in total. The van der Waals surface area contributed by atoms with E-state index in [0.29, 0.717) is 5.75 Å². The van der Waals surface area contributed by atoms with Crippen molar-refractivity contribution in [2.45, 2.75) is 38.8 Å². The molecule has 2 rings (SSSR count). The molecule has 102 valence electrons. The van der Waals surface area contributed by atoms with Crippen LogP contribution in [0, 0.1) is 0 Å². The van der Waals surface area contributed by atoms with E-state index in [4.69, 9.17) is 0 Å². The predicted octanol–water partition coefficient (Wildman–Crippen LogP) is 3.31. The molecule has 0 aliphatic rings. The Balaban J connectivity index is 2.17. The summed E-state index contributed by atoms with van der Waals surface area (Å²) in [5, 5.41) is 13.5. The van der Waals surface area contributed by atoms with Crippen LogP contribution in [-0.2, 0) is 0 Å². The molecule has 0 amide bonds. The van der Waals surface area contributed by atoms with Crippen molar-refractivity contribution in [3.8, 4) is 5.75 Å². The molecule has 0 spiro atoms. The number of hydrogen-bond acceptors (Lipinski definition) is 3. The number of aromatic hydroxyl groups is 1. The van der Waals surface area contributed by atoms with Crippen LogP contribution in [-0.4, -0.2) is 15.1 Å². The van der Waals surface area contributed by atoms with Crippen molar-refractivity contribution in [3.05, 3.63) is 48.0 Å². The summed E-state index contributed by atoms with van der Waals surface area (Å²) in [6.07, 6.45) is 5.45. The van der Waals surface area contributed by atoms with E-state index in [-0.39, 0.29) is 12.1 Å². The van der Waals surface area contributed by atoms with Gasteiger partial charge in [-0.05, 0) is 18.9 Å². The van der Waals surface area contributed by atoms with Crippen molar-refractivity contribution < 1.29 is 5.11 Å². The number of aromatic nitrogens is 2. The zero-order valence-corrected chi connectivity index (χ0v) is 11.4. The van der Waals surface area contributed by atoms with Crippen molar-refractivity contribution in [1.29, 1.82) is 0 Å². The third kappa shape index (κ3) is 3.15. The number of rotatable bonds is 6. The fourth-order valence-electron chi connectivity index (χ4n) is 2.31. The largest absolute Gasteiger partial charge is 0.508 e. The first-order chi connectivity index (χ1) is 9.26. The average molecular weight is 259 g/mol. The Hall–Kier alpha value is -1.81. The first-order valence-electron chi connectivity index (χ1n) is 6.79. The van der Waals surface area contributed by atoms with E-state index >= 15 is 0 Å². The highest BCUT2D eigenvalue weighted by Crippen LogP contribution is 2.28. The predicted molar refractivity (Wildman–Crippen MR) is 75.9 cm³/mol. The fraction of sp³-hybridized carbons (Fsp3) is 0.400. The maximum Gasteiger partial charge on any atom is 0.123 e. The molecule has 1 heterocycles. The molecule has 4 heteroatoms. The maximum absolute atomic E-state index is 9.96. The lowest BCUT2D eigenvalue weighted by atomic mass is 10.0. The van der Waals surface area contributed by atoms with Gasteiger partial charge in [-0.3, -0.25) is 0 Å². The molecule has 0 saturated heterocycles. The molecule has 0 aliphatic heterocycles. The third-order valence-corrected chi connectivity index (χ3v) is 3.38. The van der Waals surface area contributed by atoms with Gasteiger partial charge in [-0.15, -0.1) is 0 Å². The molecule has 1 aromatic carbocycles. The second-order valence-corrected chi connectivity index (χ2v) is 4.62. The van der Waals surface area contributed by atoms with Gasteiger partial charge in [-0.25, -0.2) is 4.98 Å². The Morgan fingerprint density at radius 3 is 2.53 bits per heavy atom. The van der Waals surface area contributed by atoms with Crippen LogP contribution in [0.4, 0.5) is 0 Å². The van der Waals surface area contributed by atoms with Gasteiger partial charge < -0.3 is 15.4 Å². The Morgan fingerprint density at radius 2 is 1.95 bits per heavy atom. The van der Waals surface area contributed by atoms with Crippen molar-refractivity contribution in [2.75, 3.05) is 0 Å². The zero-order valence-electron chi connectivity index (χ0n) is 11.4. The van der Waals surface area contributed by atoms with Gasteiger partial charge in [0, 0.05) is 24.0 Å². The van der Waals surface area contributed by atoms with E-state index in [0.717, 1.165) is 24.2 Å². The van der Waals surface area contributed by atoms with Crippen molar-refractivity contribution in [1.82, 2.24) is 15.3 Å². The summed E-state index contributed by atoms with van der Waals surface area (Å²) in [6, 6.07) is 7.78. The average Bonchev–Trinajstić information content (AvgIpc) is 2.95. The SMILES string of the molecule is CCC(NC(CC)c1ccccc1O)c1ncc[nH]1. The number of nitrogens with one attached hydrogen (secondary N) is 2. The lowest BCUT2D eigenvalue weighted by molar-refractivity contribution is 0.394. The molecule has 2 unspecified atom stereocenters. The number of H-pyrrole nitrogens is 1. The molecule has 4 nitrogen and oxygen atoms in total. The zero-order chi connectivity index (χ0) is 13.7. The van der Waals surface area contributed by atoms with Crippen molar-refractivity contribution in [2.24, 2.45) is 0 Å². The molecular weight excluding hydrogens is 238 g/mol. The molecule has 1 aromatic heterocycles. The number of benzene rings is 1. The first-order valence-corrected chi connectivity index (χ1v) is 6.79. The monoisotopic (exact) mass is 259 g/mol. The van der Waals surface area contributed by atoms with E-state index in [1.165, 1.54) is 0 Å². The summed E-state index contributed by atoms with van der Waals surface area (Å²) < 4.78 is 0. The highest BCUT2D eigenvalue weighted by atomic mass is 16.3. The molecule has 2 aromatic rings. The Kier molecular flexibility index (Phi) is 4.58. The second kappa shape index (κ2) is 6.38. The van der Waals surface area contributed by atoms with Crippen LogP contribution in [0.3, 0.4) is 0 Å². The van der Waals surface area contributed by atoms with Crippen molar-refractivity contribution >= 4 is 0 Å². The van der Waals surface area contributed by atoms with Crippen LogP contribution in [0.1, 0.15) is 50.2 Å². The van der Waals surface area contributed by atoms with Gasteiger partial charge >= 0.3 is 0 Å². The smallest absolute Gasteiger partial charge is 0.123 e. The van der Waals surface area contributed by atoms with E-state index in [2.05, 4.69) is 29.1 Å². The van der Waals surface area contributed by atoms with E-state index < -0.39 is 0 Å². The van der Waals surface area contributed by atoms with E-state index in [1.54, 1.807) is 12.3 Å². The highest BCUT2D eigenvalue weighted by molar-refractivity contribution is 5.34. The van der Waals surface area contributed by atoms with Gasteiger partial charge in [-0.1, -0.05) is 32.0 Å². The minimum Gasteiger partial charge on any atom is -0.508 e. The number of para-hydroxylation sites is 1. The molecule has 0 bridgehead atoms. The number of aromatic amines is 1. The van der Waals surface area contributed by atoms with Gasteiger partial charge in [0.05, 0.1) is 6.04 Å². The van der Waals surface area contributed by atoms with Crippen LogP contribution in [0.5, 0.6) is 5.75 Å². The summed E-state index contributed by atoms with van der Waals surface area (Å²) in [5.41, 5.74) is 0.940. The maximum atomic E-state index is 9.96. The van der Waals surface area contributed by atoms with Crippen LogP contribution >= 0.6 is 0 Å². The molecule has 0 fully saturated rings. The van der Waals surface area contributed by atoms with E-state index in [9.17, 15) is 5.11 Å². The third-order valence-electron chi connectivity index (χ3n) is 3.38. The summed E-state index contributed by atoms with van der Waals surface area (Å²) in [7, 11) is 0. The summed E-state index contributed by atoms with van der Waals surface area (Å²) >= 11 is 0. The van der Waals surface area contributed by atoms with Crippen molar-refractivity contribution in [3.63, 3.8) is 0 Å². The van der Waals surface area contributed by atoms with Gasteiger partial charge in [0.1, 0.15) is 11.6 Å². The minimum absolute atomic E-state index is 0.122. The molecule has 19 heavy (non-hydrogen) atoms. The quantitative estimate of drug-likeness (QED) is 0.746. The van der Waals surface area contributed by atoms with E-state index in [1.807, 2.05) is 24.4 Å². The van der Waals surface area contributed by atoms with Crippen LogP contribution in [0.15, 0.2) is 36.7 Å². The van der Waals surface area contributed by atoms with Gasteiger partial charge in [-0.2, -0.15) is 0 Å². The number of hydrogen-bond donors (Lipinski definition) is 3. The lowest BCUT2D eigenvalue weighted by Crippen LogP contribution is -2.26. The normalized spacial score (nSPS) is 14.2. The highest BCUT2D eigenvalue weighted by Gasteiger charge is 2.19. The molecule has 0 aliphatic carbocycles. The van der Waals surface area contributed by atoms with Gasteiger partial charge in [0.2, 0.25) is 0 Å². The molecular formula is C15H21N3O. The summed E-state index contributed by atoms with van der Waals surface area (Å²) in [4.78, 5) is 7.46. The summed E-state index contributed by atoms with van der Waals surface area (Å²) in [5.74, 6) is 1.28. The first kappa shape index (κ1) is 13.6. The Bertz CT molecular complexity index is 496. The van der Waals surface area contributed by atoms with Gasteiger partial charge in [0.25, 0.3) is 0 Å². The minimum atomic E-state index is 0.122. The number of phenols is 1. The Labute approximate surface area is 113 Å². The number of imidazole rings is 1. The van der Waals surface area contributed by atoms with Gasteiger partial charge in [0.15, 0.2) is 0 Å². The second-order valence-electron chi connectivity index (χ2n) is 4.62. The summed E-state index contributed by atoms with van der Waals surface area (Å²) in [6.45, 7) is 4.23. The number of nitrogens with zero attached hydrogens (tertiary/aromatic N) is 1. The van der Waals surface area contributed by atoms with Crippen LogP contribution < -0.4 is 5.32 Å². The van der Waals surface area contributed by atoms with Crippen LogP contribution in [0.2, 0.25) is 0 Å². The standard InChI is InChI=1S/C15H21N3O/c1-3-12(11-7-5-6-8-14(11)19)18-13(4-2)15-16-9-10-17-15/h5-10,12-13,18-19H,3-4H2,1-2H3,(H,16,17). The molecule has 2 atom stereocenters. The Morgan fingerprint density at radius 1 is 1.21 bits per heavy atom. The lowest BCUT2D eigenvalue weighted by Gasteiger charge is -2.24. The van der Waals surface area contributed by atoms with Crippen LogP contribution in [0.25, 0.3) is 0 Å². The topological polar surface area (TPSA) is 60.9 Å². The number of phenolic OH excluding ortho intramolecular Hbond substituents is 1. The molecule has 0 saturated carbocycles.